The van der Waals surface area contributed by atoms with Crippen molar-refractivity contribution in [2.75, 3.05) is 27.4 Å². The number of hydrogen-bond acceptors (Lipinski definition) is 6. The molecule has 0 aromatic rings. The van der Waals surface area contributed by atoms with Crippen LogP contribution in [0.1, 0.15) is 47.0 Å². The van der Waals surface area contributed by atoms with Crippen LogP contribution in [-0.4, -0.2) is 39.4 Å². The molecule has 0 aliphatic carbocycles. The molecule has 0 radical (unpaired) electrons. The highest BCUT2D eigenvalue weighted by atomic mass is 16.6. The summed E-state index contributed by atoms with van der Waals surface area (Å²) in [4.78, 5) is 24.1. The van der Waals surface area contributed by atoms with Gasteiger partial charge in [-0.2, -0.15) is 5.26 Å². The van der Waals surface area contributed by atoms with E-state index in [4.69, 9.17) is 14.2 Å². The lowest BCUT2D eigenvalue weighted by atomic mass is 9.73. The third-order valence-corrected chi connectivity index (χ3v) is 4.17. The van der Waals surface area contributed by atoms with Gasteiger partial charge in [0.2, 0.25) is 0 Å². The van der Waals surface area contributed by atoms with Crippen LogP contribution < -0.4 is 0 Å². The maximum absolute atomic E-state index is 12.3. The molecule has 0 fully saturated rings. The van der Waals surface area contributed by atoms with Crippen molar-refractivity contribution in [3.05, 3.63) is 0 Å². The molecule has 0 spiro atoms. The van der Waals surface area contributed by atoms with E-state index in [1.54, 1.807) is 20.8 Å². The van der Waals surface area contributed by atoms with Crippen LogP contribution in [0.4, 0.5) is 0 Å². The fourth-order valence-electron chi connectivity index (χ4n) is 2.45. The minimum absolute atomic E-state index is 0.190. The molecule has 6 heteroatoms. The average Bonchev–Trinajstić information content (AvgIpc) is 2.52. The van der Waals surface area contributed by atoms with E-state index in [1.165, 1.54) is 14.2 Å². The first-order valence-electron chi connectivity index (χ1n) is 7.81. The van der Waals surface area contributed by atoms with Gasteiger partial charge < -0.3 is 14.2 Å². The molecule has 6 nitrogen and oxygen atoms in total. The standard InChI is InChI=1S/C17H29NO5/c1-7-17(4,15(20)23-9-8-21-5)11-13(12-18)10-16(2,3)14(19)22-6/h13H,7-11H2,1-6H3. The van der Waals surface area contributed by atoms with E-state index in [0.29, 0.717) is 25.9 Å². The number of rotatable bonds is 10. The molecule has 2 unspecified atom stereocenters. The lowest BCUT2D eigenvalue weighted by molar-refractivity contribution is -0.157. The third kappa shape index (κ3) is 6.57. The first kappa shape index (κ1) is 21.4. The van der Waals surface area contributed by atoms with E-state index < -0.39 is 16.7 Å². The summed E-state index contributed by atoms with van der Waals surface area (Å²) < 4.78 is 14.9. The molecule has 0 saturated carbocycles. The van der Waals surface area contributed by atoms with E-state index in [2.05, 4.69) is 6.07 Å². The average molecular weight is 327 g/mol. The molecule has 0 N–H and O–H groups in total. The second-order valence-electron chi connectivity index (χ2n) is 6.65. The summed E-state index contributed by atoms with van der Waals surface area (Å²) in [6.07, 6.45) is 1.22. The Hall–Kier alpha value is -1.61. The highest BCUT2D eigenvalue weighted by Crippen LogP contribution is 2.37. The number of esters is 2. The first-order valence-corrected chi connectivity index (χ1v) is 7.81. The van der Waals surface area contributed by atoms with Gasteiger partial charge in [0.25, 0.3) is 0 Å². The number of methoxy groups -OCH3 is 2. The maximum atomic E-state index is 12.3. The van der Waals surface area contributed by atoms with Gasteiger partial charge in [-0.3, -0.25) is 9.59 Å². The van der Waals surface area contributed by atoms with Crippen molar-refractivity contribution < 1.29 is 23.8 Å². The Morgan fingerprint density at radius 3 is 2.13 bits per heavy atom. The lowest BCUT2D eigenvalue weighted by Crippen LogP contribution is -2.35. The van der Waals surface area contributed by atoms with Gasteiger partial charge in [-0.25, -0.2) is 0 Å². The van der Waals surface area contributed by atoms with E-state index in [9.17, 15) is 14.9 Å². The summed E-state index contributed by atoms with van der Waals surface area (Å²) in [5.41, 5.74) is -1.54. The molecule has 0 bridgehead atoms. The minimum Gasteiger partial charge on any atom is -0.469 e. The summed E-state index contributed by atoms with van der Waals surface area (Å²) >= 11 is 0. The molecular weight excluding hydrogens is 298 g/mol. The van der Waals surface area contributed by atoms with Crippen LogP contribution in [0.15, 0.2) is 0 Å². The number of ether oxygens (including phenoxy) is 3. The Labute approximate surface area is 139 Å². The SMILES string of the molecule is CCC(C)(CC(C#N)CC(C)(C)C(=O)OC)C(=O)OCCOC. The summed E-state index contributed by atoms with van der Waals surface area (Å²) in [6.45, 7) is 7.68. The highest BCUT2D eigenvalue weighted by molar-refractivity contribution is 5.77. The molecule has 0 amide bonds. The largest absolute Gasteiger partial charge is 0.469 e. The molecular formula is C17H29NO5. The monoisotopic (exact) mass is 327 g/mol. The number of carbonyl (C=O) groups excluding carboxylic acids is 2. The lowest BCUT2D eigenvalue weighted by Gasteiger charge is -2.30. The van der Waals surface area contributed by atoms with Gasteiger partial charge in [0.15, 0.2) is 0 Å². The van der Waals surface area contributed by atoms with Gasteiger partial charge >= 0.3 is 11.9 Å². The summed E-state index contributed by atoms with van der Waals surface area (Å²) in [5.74, 6) is -1.14. The van der Waals surface area contributed by atoms with Gasteiger partial charge in [0, 0.05) is 13.0 Å². The smallest absolute Gasteiger partial charge is 0.311 e. The number of carbonyl (C=O) groups is 2. The Balaban J connectivity index is 4.95. The minimum atomic E-state index is -0.774. The van der Waals surface area contributed by atoms with E-state index in [1.807, 2.05) is 6.92 Å². The number of nitrogens with zero attached hydrogens (tertiary/aromatic N) is 1. The van der Waals surface area contributed by atoms with Crippen molar-refractivity contribution in [3.8, 4) is 6.07 Å². The molecule has 0 rings (SSSR count). The zero-order valence-corrected chi connectivity index (χ0v) is 15.1. The van der Waals surface area contributed by atoms with Gasteiger partial charge in [-0.15, -0.1) is 0 Å². The van der Waals surface area contributed by atoms with Crippen LogP contribution in [0.3, 0.4) is 0 Å². The van der Waals surface area contributed by atoms with Gasteiger partial charge in [0.05, 0.1) is 30.6 Å². The molecule has 0 saturated heterocycles. The van der Waals surface area contributed by atoms with Crippen molar-refractivity contribution in [2.45, 2.75) is 47.0 Å². The molecule has 0 aromatic carbocycles. The van der Waals surface area contributed by atoms with Crippen LogP contribution in [0, 0.1) is 28.1 Å². The van der Waals surface area contributed by atoms with Crippen molar-refractivity contribution in [2.24, 2.45) is 16.7 Å². The predicted octanol–water partition coefficient (Wildman–Crippen LogP) is 2.71. The zero-order valence-electron chi connectivity index (χ0n) is 15.1. The number of nitriles is 1. The first-order chi connectivity index (χ1) is 10.7. The summed E-state index contributed by atoms with van der Waals surface area (Å²) in [5, 5.41) is 9.42. The second-order valence-corrected chi connectivity index (χ2v) is 6.65. The molecule has 132 valence electrons. The van der Waals surface area contributed by atoms with Crippen LogP contribution in [-0.2, 0) is 23.8 Å². The van der Waals surface area contributed by atoms with Crippen LogP contribution in [0.25, 0.3) is 0 Å². The third-order valence-electron chi connectivity index (χ3n) is 4.17. The fraction of sp³-hybridized carbons (Fsp3) is 0.824. The molecule has 2 atom stereocenters. The summed E-state index contributed by atoms with van der Waals surface area (Å²) in [6, 6.07) is 2.21. The molecule has 0 aromatic heterocycles. The predicted molar refractivity (Wildman–Crippen MR) is 85.4 cm³/mol. The molecule has 0 aliphatic heterocycles. The molecule has 0 aliphatic rings. The summed E-state index contributed by atoms with van der Waals surface area (Å²) in [7, 11) is 2.86. The van der Waals surface area contributed by atoms with Crippen LogP contribution in [0.2, 0.25) is 0 Å². The van der Waals surface area contributed by atoms with Crippen molar-refractivity contribution in [1.29, 1.82) is 5.26 Å². The van der Waals surface area contributed by atoms with Crippen LogP contribution in [0.5, 0.6) is 0 Å². The normalized spacial score (nSPS) is 15.2. The Morgan fingerprint density at radius 2 is 1.70 bits per heavy atom. The maximum Gasteiger partial charge on any atom is 0.311 e. The van der Waals surface area contributed by atoms with E-state index in [0.717, 1.165) is 0 Å². The topological polar surface area (TPSA) is 85.6 Å². The second kappa shape index (κ2) is 9.51. The van der Waals surface area contributed by atoms with Crippen molar-refractivity contribution >= 4 is 11.9 Å². The highest BCUT2D eigenvalue weighted by Gasteiger charge is 2.39. The molecule has 0 heterocycles. The van der Waals surface area contributed by atoms with Crippen LogP contribution >= 0.6 is 0 Å². The van der Waals surface area contributed by atoms with Crippen molar-refractivity contribution in [3.63, 3.8) is 0 Å². The molecule has 23 heavy (non-hydrogen) atoms. The van der Waals surface area contributed by atoms with E-state index >= 15 is 0 Å². The Bertz CT molecular complexity index is 441. The number of hydrogen-bond donors (Lipinski definition) is 0. The zero-order chi connectivity index (χ0) is 18.1. The quantitative estimate of drug-likeness (QED) is 0.453. The van der Waals surface area contributed by atoms with Crippen molar-refractivity contribution in [1.82, 2.24) is 0 Å². The Morgan fingerprint density at radius 1 is 1.09 bits per heavy atom. The van der Waals surface area contributed by atoms with E-state index in [-0.39, 0.29) is 18.5 Å². The fourth-order valence-corrected chi connectivity index (χ4v) is 2.45. The van der Waals surface area contributed by atoms with Gasteiger partial charge in [-0.1, -0.05) is 6.92 Å². The Kier molecular flexibility index (Phi) is 8.85. The van der Waals surface area contributed by atoms with Gasteiger partial charge in [0.1, 0.15) is 6.61 Å². The van der Waals surface area contributed by atoms with Gasteiger partial charge in [-0.05, 0) is 40.0 Å².